The number of hydrogen-bond acceptors (Lipinski definition) is 3. The van der Waals surface area contributed by atoms with Crippen molar-refractivity contribution in [2.75, 3.05) is 19.8 Å². The van der Waals surface area contributed by atoms with E-state index in [1.807, 2.05) is 6.07 Å². The number of hydrogen-bond donors (Lipinski definition) is 1. The molecule has 0 bridgehead atoms. The lowest BCUT2D eigenvalue weighted by Gasteiger charge is -2.31. The number of benzene rings is 1. The van der Waals surface area contributed by atoms with Gasteiger partial charge in [0, 0.05) is 35.3 Å². The molecule has 1 aromatic carbocycles. The smallest absolute Gasteiger partial charge is 0.0543 e. The van der Waals surface area contributed by atoms with Gasteiger partial charge in [-0.2, -0.15) is 0 Å². The van der Waals surface area contributed by atoms with Crippen molar-refractivity contribution in [1.29, 1.82) is 0 Å². The van der Waals surface area contributed by atoms with E-state index in [2.05, 4.69) is 43.4 Å². The quantitative estimate of drug-likeness (QED) is 0.841. The maximum absolute atomic E-state index is 13.0. The van der Waals surface area contributed by atoms with Gasteiger partial charge in [-0.1, -0.05) is 44.2 Å². The summed E-state index contributed by atoms with van der Waals surface area (Å²) >= 11 is 0. The zero-order valence-electron chi connectivity index (χ0n) is 13.1. The van der Waals surface area contributed by atoms with Crippen LogP contribution in [0.15, 0.2) is 30.3 Å². The van der Waals surface area contributed by atoms with Gasteiger partial charge in [0.2, 0.25) is 0 Å². The Morgan fingerprint density at radius 2 is 1.90 bits per heavy atom. The second kappa shape index (κ2) is 8.66. The van der Waals surface area contributed by atoms with E-state index in [0.29, 0.717) is 0 Å². The minimum absolute atomic E-state index is 0.162. The molecule has 2 rings (SSSR count). The highest BCUT2D eigenvalue weighted by Gasteiger charge is 2.32. The van der Waals surface area contributed by atoms with Crippen molar-refractivity contribution in [2.45, 2.75) is 49.7 Å². The van der Waals surface area contributed by atoms with E-state index in [-0.39, 0.29) is 16.5 Å². The van der Waals surface area contributed by atoms with Gasteiger partial charge in [0.1, 0.15) is 0 Å². The normalized spacial score (nSPS) is 20.9. The molecule has 0 amide bonds. The maximum atomic E-state index is 13.0. The monoisotopic (exact) mass is 309 g/mol. The second-order valence-electron chi connectivity index (χ2n) is 5.53. The maximum Gasteiger partial charge on any atom is 0.0543 e. The summed E-state index contributed by atoms with van der Waals surface area (Å²) < 4.78 is 18.4. The zero-order valence-corrected chi connectivity index (χ0v) is 13.9. The van der Waals surface area contributed by atoms with Crippen molar-refractivity contribution < 1.29 is 8.95 Å². The average Bonchev–Trinajstić information content (AvgIpc) is 2.56. The van der Waals surface area contributed by atoms with E-state index in [1.54, 1.807) is 0 Å². The lowest BCUT2D eigenvalue weighted by molar-refractivity contribution is 0.0990. The summed E-state index contributed by atoms with van der Waals surface area (Å²) in [4.78, 5) is 0. The molecular weight excluding hydrogens is 282 g/mol. The Balaban J connectivity index is 2.16. The molecule has 0 spiro atoms. The van der Waals surface area contributed by atoms with Gasteiger partial charge in [-0.05, 0) is 31.4 Å². The minimum atomic E-state index is -0.819. The molecule has 1 fully saturated rings. The van der Waals surface area contributed by atoms with Crippen molar-refractivity contribution in [3.05, 3.63) is 35.9 Å². The molecule has 3 nitrogen and oxygen atoms in total. The van der Waals surface area contributed by atoms with Crippen molar-refractivity contribution >= 4 is 10.8 Å². The van der Waals surface area contributed by atoms with Gasteiger partial charge >= 0.3 is 0 Å². The van der Waals surface area contributed by atoms with Gasteiger partial charge in [-0.15, -0.1) is 0 Å². The van der Waals surface area contributed by atoms with Gasteiger partial charge in [-0.25, -0.2) is 0 Å². The molecule has 0 aliphatic carbocycles. The number of nitrogens with one attached hydrogen (secondary N) is 1. The Morgan fingerprint density at radius 1 is 1.24 bits per heavy atom. The van der Waals surface area contributed by atoms with Crippen LogP contribution in [0.2, 0.25) is 0 Å². The number of rotatable bonds is 7. The van der Waals surface area contributed by atoms with Crippen LogP contribution in [0.4, 0.5) is 0 Å². The summed E-state index contributed by atoms with van der Waals surface area (Å²) in [6.07, 6.45) is 2.78. The fraction of sp³-hybridized carbons (Fsp3) is 0.647. The SMILES string of the molecule is CCNC(c1ccccc1)C(CC)S(=O)C1CCOCC1. The lowest BCUT2D eigenvalue weighted by Crippen LogP contribution is -2.39. The fourth-order valence-corrected chi connectivity index (χ4v) is 5.04. The molecule has 1 aliphatic rings. The predicted octanol–water partition coefficient (Wildman–Crippen LogP) is 3.04. The van der Waals surface area contributed by atoms with Gasteiger partial charge in [0.05, 0.1) is 5.25 Å². The summed E-state index contributed by atoms with van der Waals surface area (Å²) in [5.41, 5.74) is 1.24. The molecule has 1 aliphatic heterocycles. The molecule has 0 radical (unpaired) electrons. The van der Waals surface area contributed by atoms with Crippen LogP contribution < -0.4 is 5.32 Å². The van der Waals surface area contributed by atoms with Crippen LogP contribution in [0.25, 0.3) is 0 Å². The Bertz CT molecular complexity index is 432. The van der Waals surface area contributed by atoms with Crippen LogP contribution in [-0.4, -0.2) is 34.5 Å². The van der Waals surface area contributed by atoms with Crippen LogP contribution in [0.1, 0.15) is 44.7 Å². The van der Waals surface area contributed by atoms with Crippen LogP contribution in [0.3, 0.4) is 0 Å². The van der Waals surface area contributed by atoms with Crippen molar-refractivity contribution in [2.24, 2.45) is 0 Å². The largest absolute Gasteiger partial charge is 0.381 e. The van der Waals surface area contributed by atoms with E-state index in [0.717, 1.165) is 39.0 Å². The van der Waals surface area contributed by atoms with Crippen molar-refractivity contribution in [3.63, 3.8) is 0 Å². The van der Waals surface area contributed by atoms with E-state index in [9.17, 15) is 4.21 Å². The first kappa shape index (κ1) is 16.7. The Hall–Kier alpha value is -0.710. The summed E-state index contributed by atoms with van der Waals surface area (Å²) in [5, 5.41) is 3.99. The van der Waals surface area contributed by atoms with Crippen LogP contribution in [0.5, 0.6) is 0 Å². The number of ether oxygens (including phenoxy) is 1. The first-order chi connectivity index (χ1) is 10.3. The Morgan fingerprint density at radius 3 is 2.48 bits per heavy atom. The van der Waals surface area contributed by atoms with Gasteiger partial charge in [-0.3, -0.25) is 4.21 Å². The molecule has 1 N–H and O–H groups in total. The van der Waals surface area contributed by atoms with Gasteiger partial charge < -0.3 is 10.1 Å². The highest BCUT2D eigenvalue weighted by molar-refractivity contribution is 7.86. The first-order valence-corrected chi connectivity index (χ1v) is 9.31. The second-order valence-corrected chi connectivity index (χ2v) is 7.46. The molecule has 3 unspecified atom stereocenters. The van der Waals surface area contributed by atoms with Crippen LogP contribution in [0, 0.1) is 0 Å². The van der Waals surface area contributed by atoms with Crippen LogP contribution >= 0.6 is 0 Å². The summed E-state index contributed by atoms with van der Waals surface area (Å²) in [5.74, 6) is 0. The highest BCUT2D eigenvalue weighted by atomic mass is 32.2. The first-order valence-electron chi connectivity index (χ1n) is 8.03. The predicted molar refractivity (Wildman–Crippen MR) is 88.9 cm³/mol. The van der Waals surface area contributed by atoms with E-state index >= 15 is 0 Å². The summed E-state index contributed by atoms with van der Waals surface area (Å²) in [6, 6.07) is 10.6. The van der Waals surface area contributed by atoms with Crippen molar-refractivity contribution in [1.82, 2.24) is 5.32 Å². The molecule has 118 valence electrons. The molecule has 0 saturated carbocycles. The van der Waals surface area contributed by atoms with Crippen LogP contribution in [-0.2, 0) is 15.5 Å². The zero-order chi connectivity index (χ0) is 15.1. The molecule has 0 aromatic heterocycles. The molecule has 1 aromatic rings. The third-order valence-electron chi connectivity index (χ3n) is 4.15. The molecule has 1 saturated heterocycles. The van der Waals surface area contributed by atoms with Gasteiger partial charge in [0.25, 0.3) is 0 Å². The average molecular weight is 309 g/mol. The fourth-order valence-electron chi connectivity index (χ4n) is 3.03. The molecule has 4 heteroatoms. The molecule has 3 atom stereocenters. The summed E-state index contributed by atoms with van der Waals surface area (Å²) in [7, 11) is -0.819. The summed E-state index contributed by atoms with van der Waals surface area (Å²) in [6.45, 7) is 6.66. The molecule has 1 heterocycles. The standard InChI is InChI=1S/C17H27NO2S/c1-3-16(21(19)15-10-12-20-13-11-15)17(18-4-2)14-8-6-5-7-9-14/h5-9,15-18H,3-4,10-13H2,1-2H3. The minimum Gasteiger partial charge on any atom is -0.381 e. The lowest BCUT2D eigenvalue weighted by atomic mass is 10.0. The van der Waals surface area contributed by atoms with Gasteiger partial charge in [0.15, 0.2) is 0 Å². The Kier molecular flexibility index (Phi) is 6.87. The highest BCUT2D eigenvalue weighted by Crippen LogP contribution is 2.27. The molecule has 21 heavy (non-hydrogen) atoms. The molecular formula is C17H27NO2S. The van der Waals surface area contributed by atoms with E-state index in [1.165, 1.54) is 5.56 Å². The third-order valence-corrected chi connectivity index (χ3v) is 6.48. The topological polar surface area (TPSA) is 38.3 Å². The van der Waals surface area contributed by atoms with E-state index in [4.69, 9.17) is 4.74 Å². The Labute approximate surface area is 130 Å². The van der Waals surface area contributed by atoms with E-state index < -0.39 is 10.8 Å². The third kappa shape index (κ3) is 4.38. The van der Waals surface area contributed by atoms with Crippen molar-refractivity contribution in [3.8, 4) is 0 Å².